The molecule has 0 atom stereocenters. The number of amides is 2. The van der Waals surface area contributed by atoms with Crippen molar-refractivity contribution in [2.75, 3.05) is 0 Å². The van der Waals surface area contributed by atoms with Crippen molar-refractivity contribution in [3.05, 3.63) is 101 Å². The molecule has 0 saturated carbocycles. The number of carbonyl (C=O) groups is 2. The van der Waals surface area contributed by atoms with Gasteiger partial charge in [-0.05, 0) is 47.5 Å². The van der Waals surface area contributed by atoms with E-state index in [2.05, 4.69) is 10.9 Å². The number of carbonyl (C=O) groups excluding carboxylic acids is 2. The first-order valence-electron chi connectivity index (χ1n) is 8.70. The molecule has 0 heterocycles. The van der Waals surface area contributed by atoms with Gasteiger partial charge in [0, 0.05) is 5.56 Å². The van der Waals surface area contributed by atoms with Gasteiger partial charge in [0.25, 0.3) is 5.91 Å². The van der Waals surface area contributed by atoms with Crippen LogP contribution in [-0.4, -0.2) is 11.8 Å². The van der Waals surface area contributed by atoms with Crippen LogP contribution < -0.4 is 15.6 Å². The molecule has 0 fully saturated rings. The second kappa shape index (κ2) is 9.32. The minimum absolute atomic E-state index is 0.0345. The molecule has 142 valence electrons. The Kier molecular flexibility index (Phi) is 6.36. The Morgan fingerprint density at radius 1 is 0.786 bits per heavy atom. The molecule has 0 bridgehead atoms. The molecule has 0 spiro atoms. The summed E-state index contributed by atoms with van der Waals surface area (Å²) in [7, 11) is 0. The molecule has 0 radical (unpaired) electrons. The molecule has 3 aromatic carbocycles. The van der Waals surface area contributed by atoms with Crippen molar-refractivity contribution in [1.29, 1.82) is 0 Å². The minimum Gasteiger partial charge on any atom is -0.489 e. The van der Waals surface area contributed by atoms with Crippen molar-refractivity contribution < 1.29 is 18.7 Å². The van der Waals surface area contributed by atoms with Crippen LogP contribution in [-0.2, 0) is 17.8 Å². The first-order valence-corrected chi connectivity index (χ1v) is 8.70. The largest absolute Gasteiger partial charge is 0.489 e. The third kappa shape index (κ3) is 5.67. The minimum atomic E-state index is -0.443. The molecule has 2 amide bonds. The van der Waals surface area contributed by atoms with Crippen LogP contribution in [0.15, 0.2) is 78.9 Å². The van der Waals surface area contributed by atoms with Crippen LogP contribution in [0.2, 0.25) is 0 Å². The van der Waals surface area contributed by atoms with Gasteiger partial charge < -0.3 is 4.74 Å². The van der Waals surface area contributed by atoms with E-state index in [0.717, 1.165) is 5.56 Å². The summed E-state index contributed by atoms with van der Waals surface area (Å²) in [6.07, 6.45) is 0.0345. The van der Waals surface area contributed by atoms with E-state index in [0.29, 0.717) is 23.5 Å². The summed E-state index contributed by atoms with van der Waals surface area (Å²) < 4.78 is 18.5. The fourth-order valence-corrected chi connectivity index (χ4v) is 2.47. The van der Waals surface area contributed by atoms with Crippen LogP contribution in [0.4, 0.5) is 4.39 Å². The molecular formula is C22H19FN2O3. The van der Waals surface area contributed by atoms with Gasteiger partial charge in [0.1, 0.15) is 18.2 Å². The highest BCUT2D eigenvalue weighted by Gasteiger charge is 2.08. The lowest BCUT2D eigenvalue weighted by molar-refractivity contribution is -0.121. The fourth-order valence-electron chi connectivity index (χ4n) is 2.47. The van der Waals surface area contributed by atoms with E-state index in [1.165, 1.54) is 24.3 Å². The van der Waals surface area contributed by atoms with Crippen molar-refractivity contribution in [2.45, 2.75) is 13.0 Å². The molecule has 0 saturated heterocycles. The maximum absolute atomic E-state index is 12.9. The van der Waals surface area contributed by atoms with Gasteiger partial charge in [-0.3, -0.25) is 20.4 Å². The quantitative estimate of drug-likeness (QED) is 0.646. The van der Waals surface area contributed by atoms with Gasteiger partial charge in [-0.2, -0.15) is 0 Å². The Bertz CT molecular complexity index is 926. The van der Waals surface area contributed by atoms with E-state index in [1.807, 2.05) is 30.3 Å². The lowest BCUT2D eigenvalue weighted by Crippen LogP contribution is -2.42. The molecule has 2 N–H and O–H groups in total. The zero-order valence-corrected chi connectivity index (χ0v) is 15.0. The molecule has 3 rings (SSSR count). The van der Waals surface area contributed by atoms with E-state index in [-0.39, 0.29) is 12.2 Å². The van der Waals surface area contributed by atoms with Gasteiger partial charge in [-0.15, -0.1) is 0 Å². The van der Waals surface area contributed by atoms with Crippen molar-refractivity contribution in [3.63, 3.8) is 0 Å². The molecule has 0 unspecified atom stereocenters. The number of hydrazine groups is 1. The predicted molar refractivity (Wildman–Crippen MR) is 103 cm³/mol. The van der Waals surface area contributed by atoms with Gasteiger partial charge in [0.2, 0.25) is 5.91 Å². The van der Waals surface area contributed by atoms with E-state index in [4.69, 9.17) is 4.74 Å². The molecule has 3 aromatic rings. The molecule has 28 heavy (non-hydrogen) atoms. The van der Waals surface area contributed by atoms with Crippen LogP contribution >= 0.6 is 0 Å². The average Bonchev–Trinajstić information content (AvgIpc) is 2.73. The summed E-state index contributed by atoms with van der Waals surface area (Å²) in [5, 5.41) is 0. The molecule has 0 aliphatic rings. The van der Waals surface area contributed by atoms with Gasteiger partial charge in [-0.1, -0.05) is 42.5 Å². The van der Waals surface area contributed by atoms with E-state index in [1.54, 1.807) is 24.3 Å². The number of ether oxygens (including phenoxy) is 1. The number of hydrogen-bond acceptors (Lipinski definition) is 3. The molecule has 0 aliphatic carbocycles. The SMILES string of the molecule is O=C(Cc1ccc(F)cc1)NNC(=O)c1ccc(OCc2ccccc2)cc1. The highest BCUT2D eigenvalue weighted by atomic mass is 19.1. The molecule has 6 heteroatoms. The fraction of sp³-hybridized carbons (Fsp3) is 0.0909. The predicted octanol–water partition coefficient (Wildman–Crippen LogP) is 3.41. The van der Waals surface area contributed by atoms with Crippen LogP contribution in [0.25, 0.3) is 0 Å². The summed E-state index contributed by atoms with van der Waals surface area (Å²) in [6.45, 7) is 0.436. The van der Waals surface area contributed by atoms with E-state index >= 15 is 0 Å². The third-order valence-electron chi connectivity index (χ3n) is 3.96. The smallest absolute Gasteiger partial charge is 0.269 e. The number of hydrogen-bond donors (Lipinski definition) is 2. The average molecular weight is 378 g/mol. The first kappa shape index (κ1) is 19.1. The van der Waals surface area contributed by atoms with E-state index < -0.39 is 11.8 Å². The van der Waals surface area contributed by atoms with Crippen LogP contribution in [0.1, 0.15) is 21.5 Å². The number of benzene rings is 3. The molecule has 0 aromatic heterocycles. The zero-order valence-electron chi connectivity index (χ0n) is 15.0. The maximum atomic E-state index is 12.9. The van der Waals surface area contributed by atoms with Crippen LogP contribution in [0, 0.1) is 5.82 Å². The van der Waals surface area contributed by atoms with Gasteiger partial charge in [0.05, 0.1) is 6.42 Å². The summed E-state index contributed by atoms with van der Waals surface area (Å²) in [4.78, 5) is 24.0. The van der Waals surface area contributed by atoms with E-state index in [9.17, 15) is 14.0 Å². The van der Waals surface area contributed by atoms with Gasteiger partial charge >= 0.3 is 0 Å². The Morgan fingerprint density at radius 2 is 1.46 bits per heavy atom. The Hall–Kier alpha value is -3.67. The number of nitrogens with one attached hydrogen (secondary N) is 2. The molecular weight excluding hydrogens is 359 g/mol. The molecule has 5 nitrogen and oxygen atoms in total. The summed E-state index contributed by atoms with van der Waals surface area (Å²) in [5.74, 6) is -0.570. The van der Waals surface area contributed by atoms with Crippen LogP contribution in [0.3, 0.4) is 0 Å². The first-order chi connectivity index (χ1) is 13.6. The summed E-state index contributed by atoms with van der Waals surface area (Å²) >= 11 is 0. The lowest BCUT2D eigenvalue weighted by Gasteiger charge is -2.09. The maximum Gasteiger partial charge on any atom is 0.269 e. The van der Waals surface area contributed by atoms with Crippen molar-refractivity contribution in [2.24, 2.45) is 0 Å². The lowest BCUT2D eigenvalue weighted by atomic mass is 10.1. The standard InChI is InChI=1S/C22H19FN2O3/c23-19-10-6-16(7-11-19)14-21(26)24-25-22(27)18-8-12-20(13-9-18)28-15-17-4-2-1-3-5-17/h1-13H,14-15H2,(H,24,26)(H,25,27). The highest BCUT2D eigenvalue weighted by molar-refractivity contribution is 5.95. The summed E-state index contributed by atoms with van der Waals surface area (Å²) in [6, 6.07) is 22.0. The normalized spacial score (nSPS) is 10.2. The zero-order chi connectivity index (χ0) is 19.8. The highest BCUT2D eigenvalue weighted by Crippen LogP contribution is 2.14. The number of halogens is 1. The van der Waals surface area contributed by atoms with Crippen molar-refractivity contribution in [1.82, 2.24) is 10.9 Å². The van der Waals surface area contributed by atoms with Gasteiger partial charge in [0.15, 0.2) is 0 Å². The second-order valence-corrected chi connectivity index (χ2v) is 6.10. The Morgan fingerprint density at radius 3 is 2.14 bits per heavy atom. The Labute approximate surface area is 162 Å². The molecule has 0 aliphatic heterocycles. The van der Waals surface area contributed by atoms with Crippen molar-refractivity contribution >= 4 is 11.8 Å². The number of rotatable bonds is 6. The monoisotopic (exact) mass is 378 g/mol. The van der Waals surface area contributed by atoms with Crippen molar-refractivity contribution in [3.8, 4) is 5.75 Å². The van der Waals surface area contributed by atoms with Gasteiger partial charge in [-0.25, -0.2) is 4.39 Å². The van der Waals surface area contributed by atoms with Crippen LogP contribution in [0.5, 0.6) is 5.75 Å². The topological polar surface area (TPSA) is 67.4 Å². The second-order valence-electron chi connectivity index (χ2n) is 6.10. The third-order valence-corrected chi connectivity index (χ3v) is 3.96. The Balaban J connectivity index is 1.46. The summed E-state index contributed by atoms with van der Waals surface area (Å²) in [5.41, 5.74) is 6.78.